The van der Waals surface area contributed by atoms with Crippen molar-refractivity contribution in [2.45, 2.75) is 13.0 Å². The number of methoxy groups -OCH3 is 1. The predicted octanol–water partition coefficient (Wildman–Crippen LogP) is 5.74. The average Bonchev–Trinajstić information content (AvgIpc) is 2.72. The van der Waals surface area contributed by atoms with Gasteiger partial charge >= 0.3 is 5.97 Å². The Labute approximate surface area is 169 Å². The molecule has 3 rings (SSSR count). The zero-order valence-electron chi connectivity index (χ0n) is 15.8. The van der Waals surface area contributed by atoms with Gasteiger partial charge in [-0.25, -0.2) is 4.79 Å². The Kier molecular flexibility index (Phi) is 6.22. The van der Waals surface area contributed by atoms with Crippen molar-refractivity contribution in [2.75, 3.05) is 13.7 Å². The fourth-order valence-electron chi connectivity index (χ4n) is 2.85. The second-order valence-electron chi connectivity index (χ2n) is 6.33. The summed E-state index contributed by atoms with van der Waals surface area (Å²) < 4.78 is 17.1. The maximum atomic E-state index is 12.1. The summed E-state index contributed by atoms with van der Waals surface area (Å²) in [5.74, 6) is 0.717. The summed E-state index contributed by atoms with van der Waals surface area (Å²) in [4.78, 5) is 12.1. The highest BCUT2D eigenvalue weighted by atomic mass is 35.5. The third-order valence-corrected chi connectivity index (χ3v) is 4.56. The van der Waals surface area contributed by atoms with E-state index in [9.17, 15) is 4.79 Å². The first-order chi connectivity index (χ1) is 13.5. The third-order valence-electron chi connectivity index (χ3n) is 4.28. The number of carbonyl (C=O) groups excluding carboxylic acids is 1. The number of carbonyl (C=O) groups is 1. The molecule has 0 saturated carbocycles. The van der Waals surface area contributed by atoms with Gasteiger partial charge in [0, 0.05) is 22.4 Å². The Hall–Kier alpha value is -2.98. The van der Waals surface area contributed by atoms with Gasteiger partial charge in [0.2, 0.25) is 0 Å². The largest absolute Gasteiger partial charge is 0.496 e. The second kappa shape index (κ2) is 8.81. The summed E-state index contributed by atoms with van der Waals surface area (Å²) in [5.41, 5.74) is 1.15. The number of benzene rings is 3. The number of esters is 1. The topological polar surface area (TPSA) is 44.8 Å². The van der Waals surface area contributed by atoms with Gasteiger partial charge in [0.15, 0.2) is 6.10 Å². The van der Waals surface area contributed by atoms with Gasteiger partial charge in [-0.15, -0.1) is 0 Å². The minimum atomic E-state index is -0.595. The molecule has 1 unspecified atom stereocenters. The van der Waals surface area contributed by atoms with Gasteiger partial charge in [-0.3, -0.25) is 0 Å². The number of halogens is 1. The van der Waals surface area contributed by atoms with Crippen LogP contribution in [0.4, 0.5) is 0 Å². The number of ether oxygens (including phenoxy) is 3. The van der Waals surface area contributed by atoms with Crippen LogP contribution in [0.1, 0.15) is 18.6 Å². The zero-order valence-corrected chi connectivity index (χ0v) is 16.5. The van der Waals surface area contributed by atoms with Gasteiger partial charge in [0.25, 0.3) is 0 Å². The molecule has 0 bridgehead atoms. The number of rotatable bonds is 7. The van der Waals surface area contributed by atoms with E-state index in [-0.39, 0.29) is 6.61 Å². The van der Waals surface area contributed by atoms with Gasteiger partial charge in [0.1, 0.15) is 18.1 Å². The molecule has 4 nitrogen and oxygen atoms in total. The Morgan fingerprint density at radius 2 is 1.71 bits per heavy atom. The fourth-order valence-corrected chi connectivity index (χ4v) is 3.11. The van der Waals surface area contributed by atoms with Crippen LogP contribution in [0.5, 0.6) is 11.5 Å². The highest BCUT2D eigenvalue weighted by Crippen LogP contribution is 2.40. The summed E-state index contributed by atoms with van der Waals surface area (Å²) in [6.07, 6.45) is -0.595. The molecule has 144 valence electrons. The molecule has 0 fully saturated rings. The van der Waals surface area contributed by atoms with E-state index in [1.54, 1.807) is 20.1 Å². The van der Waals surface area contributed by atoms with Crippen LogP contribution in [-0.2, 0) is 9.53 Å². The van der Waals surface area contributed by atoms with E-state index >= 15 is 0 Å². The first kappa shape index (κ1) is 19.8. The summed E-state index contributed by atoms with van der Waals surface area (Å²) in [7, 11) is 1.60. The molecule has 5 heteroatoms. The Morgan fingerprint density at radius 1 is 1.07 bits per heavy atom. The first-order valence-electron chi connectivity index (χ1n) is 8.80. The highest BCUT2D eigenvalue weighted by Gasteiger charge is 2.20. The summed E-state index contributed by atoms with van der Waals surface area (Å²) in [6.45, 7) is 5.36. The van der Waals surface area contributed by atoms with Gasteiger partial charge in [-0.1, -0.05) is 72.8 Å². The van der Waals surface area contributed by atoms with Crippen molar-refractivity contribution < 1.29 is 19.0 Å². The van der Waals surface area contributed by atoms with Crippen molar-refractivity contribution >= 4 is 28.3 Å². The SMILES string of the molecule is C=C(C)C(=O)OC(COc1c(Cl)cc(OC)c2ccccc12)c1ccccc1. The molecule has 0 radical (unpaired) electrons. The molecule has 1 atom stereocenters. The van der Waals surface area contributed by atoms with Gasteiger partial charge in [0.05, 0.1) is 12.1 Å². The smallest absolute Gasteiger partial charge is 0.333 e. The molecule has 0 heterocycles. The molecule has 3 aromatic carbocycles. The van der Waals surface area contributed by atoms with Crippen LogP contribution in [0.2, 0.25) is 5.02 Å². The standard InChI is InChI=1S/C23H21ClO4/c1-15(2)23(25)28-21(16-9-5-4-6-10-16)14-27-22-18-12-8-7-11-17(18)20(26-3)13-19(22)24/h4-13,21H,1,14H2,2-3H3. The fraction of sp³-hybridized carbons (Fsp3) is 0.174. The van der Waals surface area contributed by atoms with Gasteiger partial charge < -0.3 is 14.2 Å². The molecule has 0 aliphatic carbocycles. The van der Waals surface area contributed by atoms with E-state index in [2.05, 4.69) is 6.58 Å². The van der Waals surface area contributed by atoms with Crippen molar-refractivity contribution in [3.8, 4) is 11.5 Å². The van der Waals surface area contributed by atoms with Crippen molar-refractivity contribution in [2.24, 2.45) is 0 Å². The minimum Gasteiger partial charge on any atom is -0.496 e. The first-order valence-corrected chi connectivity index (χ1v) is 9.18. The lowest BCUT2D eigenvalue weighted by molar-refractivity contribution is -0.146. The average molecular weight is 397 g/mol. The molecule has 0 aliphatic rings. The van der Waals surface area contributed by atoms with Crippen LogP contribution >= 0.6 is 11.6 Å². The van der Waals surface area contributed by atoms with Gasteiger partial charge in [-0.2, -0.15) is 0 Å². The summed E-state index contributed by atoms with van der Waals surface area (Å²) in [6, 6.07) is 18.8. The third kappa shape index (κ3) is 4.29. The maximum Gasteiger partial charge on any atom is 0.333 e. The molecule has 0 spiro atoms. The van der Waals surface area contributed by atoms with Crippen LogP contribution in [0.3, 0.4) is 0 Å². The predicted molar refractivity (Wildman–Crippen MR) is 111 cm³/mol. The van der Waals surface area contributed by atoms with Crippen LogP contribution < -0.4 is 9.47 Å². The van der Waals surface area contributed by atoms with E-state index in [1.807, 2.05) is 54.6 Å². The molecule has 0 N–H and O–H groups in total. The number of hydrogen-bond acceptors (Lipinski definition) is 4. The molecule has 0 amide bonds. The lowest BCUT2D eigenvalue weighted by atomic mass is 10.1. The Bertz CT molecular complexity index is 998. The second-order valence-corrected chi connectivity index (χ2v) is 6.74. The van der Waals surface area contributed by atoms with Crippen LogP contribution in [0, 0.1) is 0 Å². The van der Waals surface area contributed by atoms with Crippen molar-refractivity contribution in [3.63, 3.8) is 0 Å². The van der Waals surface area contributed by atoms with Crippen molar-refractivity contribution in [3.05, 3.63) is 83.4 Å². The zero-order chi connectivity index (χ0) is 20.1. The molecule has 0 aliphatic heterocycles. The van der Waals surface area contributed by atoms with E-state index in [0.717, 1.165) is 16.3 Å². The maximum absolute atomic E-state index is 12.1. The lowest BCUT2D eigenvalue weighted by Gasteiger charge is -2.20. The van der Waals surface area contributed by atoms with Crippen molar-refractivity contribution in [1.29, 1.82) is 0 Å². The lowest BCUT2D eigenvalue weighted by Crippen LogP contribution is -2.18. The van der Waals surface area contributed by atoms with E-state index in [4.69, 9.17) is 25.8 Å². The molecule has 3 aromatic rings. The quantitative estimate of drug-likeness (QED) is 0.377. The summed E-state index contributed by atoms with van der Waals surface area (Å²) >= 11 is 6.45. The molecular weight excluding hydrogens is 376 g/mol. The van der Waals surface area contributed by atoms with E-state index < -0.39 is 12.1 Å². The van der Waals surface area contributed by atoms with E-state index in [0.29, 0.717) is 22.1 Å². The summed E-state index contributed by atoms with van der Waals surface area (Å²) in [5, 5.41) is 2.14. The normalized spacial score (nSPS) is 11.7. The number of fused-ring (bicyclic) bond motifs is 1. The van der Waals surface area contributed by atoms with Crippen LogP contribution in [0.25, 0.3) is 10.8 Å². The van der Waals surface area contributed by atoms with Crippen LogP contribution in [-0.4, -0.2) is 19.7 Å². The molecule has 0 saturated heterocycles. The molecular formula is C23H21ClO4. The molecule has 28 heavy (non-hydrogen) atoms. The van der Waals surface area contributed by atoms with Crippen molar-refractivity contribution in [1.82, 2.24) is 0 Å². The Morgan fingerprint density at radius 3 is 2.36 bits per heavy atom. The monoisotopic (exact) mass is 396 g/mol. The highest BCUT2D eigenvalue weighted by molar-refractivity contribution is 6.33. The molecule has 0 aromatic heterocycles. The van der Waals surface area contributed by atoms with E-state index in [1.165, 1.54) is 0 Å². The van der Waals surface area contributed by atoms with Gasteiger partial charge in [-0.05, 0) is 12.5 Å². The number of hydrogen-bond donors (Lipinski definition) is 0. The van der Waals surface area contributed by atoms with Crippen LogP contribution in [0.15, 0.2) is 72.8 Å². The Balaban J connectivity index is 1.92. The minimum absolute atomic E-state index is 0.110.